The fourth-order valence-corrected chi connectivity index (χ4v) is 1.61. The molecule has 8 heteroatoms. The molecule has 0 unspecified atom stereocenters. The minimum atomic E-state index is -1.34. The Bertz CT molecular complexity index is 550. The standard InChI is InChI=1S/C12H12ClFN2O4/c13-6-1-2-7(8(14)5-6)11(18)16-9(12(19)20)3-4-10(15)17/h1-2,5,9H,3-4H2,(H2,15,17)(H,16,18)(H,19,20)/t9-/m0/s1. The zero-order valence-electron chi connectivity index (χ0n) is 10.2. The third-order valence-corrected chi connectivity index (χ3v) is 2.69. The van der Waals surface area contributed by atoms with Crippen molar-refractivity contribution in [3.63, 3.8) is 0 Å². The van der Waals surface area contributed by atoms with Crippen LogP contribution < -0.4 is 11.1 Å². The van der Waals surface area contributed by atoms with E-state index >= 15 is 0 Å². The first-order chi connectivity index (χ1) is 9.31. The number of carboxylic acid groups (broad SMARTS) is 1. The molecule has 1 aromatic carbocycles. The van der Waals surface area contributed by atoms with Gasteiger partial charge in [-0.2, -0.15) is 0 Å². The number of carbonyl (C=O) groups is 3. The van der Waals surface area contributed by atoms with Crippen molar-refractivity contribution in [2.75, 3.05) is 0 Å². The summed E-state index contributed by atoms with van der Waals surface area (Å²) in [6.07, 6.45) is -0.383. The third kappa shape index (κ3) is 4.51. The van der Waals surface area contributed by atoms with Gasteiger partial charge in [0.05, 0.1) is 5.56 Å². The number of amides is 2. The minimum Gasteiger partial charge on any atom is -0.480 e. The topological polar surface area (TPSA) is 109 Å². The van der Waals surface area contributed by atoms with Gasteiger partial charge in [-0.3, -0.25) is 9.59 Å². The van der Waals surface area contributed by atoms with Gasteiger partial charge < -0.3 is 16.2 Å². The van der Waals surface area contributed by atoms with Gasteiger partial charge in [0.2, 0.25) is 5.91 Å². The number of hydrogen-bond donors (Lipinski definition) is 3. The van der Waals surface area contributed by atoms with Gasteiger partial charge in [-0.25, -0.2) is 9.18 Å². The fourth-order valence-electron chi connectivity index (χ4n) is 1.45. The van der Waals surface area contributed by atoms with Crippen LogP contribution in [0.5, 0.6) is 0 Å². The highest BCUT2D eigenvalue weighted by Crippen LogP contribution is 2.14. The molecule has 0 aliphatic carbocycles. The molecule has 108 valence electrons. The van der Waals surface area contributed by atoms with E-state index in [1.807, 2.05) is 0 Å². The minimum absolute atomic E-state index is 0.113. The SMILES string of the molecule is NC(=O)CC[C@H](NC(=O)c1ccc(Cl)cc1F)C(=O)O. The Hall–Kier alpha value is -2.15. The van der Waals surface area contributed by atoms with Crippen LogP contribution in [0, 0.1) is 5.82 Å². The molecule has 0 fully saturated rings. The lowest BCUT2D eigenvalue weighted by molar-refractivity contribution is -0.139. The number of aliphatic carboxylic acids is 1. The second-order valence-electron chi connectivity index (χ2n) is 3.99. The van der Waals surface area contributed by atoms with Gasteiger partial charge in [-0.15, -0.1) is 0 Å². The number of nitrogens with two attached hydrogens (primary N) is 1. The van der Waals surface area contributed by atoms with Gasteiger partial charge >= 0.3 is 5.97 Å². The van der Waals surface area contributed by atoms with Crippen molar-refractivity contribution in [2.45, 2.75) is 18.9 Å². The molecule has 0 aliphatic rings. The van der Waals surface area contributed by atoms with Crippen LogP contribution in [0.15, 0.2) is 18.2 Å². The maximum absolute atomic E-state index is 13.5. The van der Waals surface area contributed by atoms with Gasteiger partial charge in [0.1, 0.15) is 11.9 Å². The van der Waals surface area contributed by atoms with Crippen LogP contribution in [-0.2, 0) is 9.59 Å². The lowest BCUT2D eigenvalue weighted by Gasteiger charge is -2.14. The summed E-state index contributed by atoms with van der Waals surface area (Å²) in [7, 11) is 0. The van der Waals surface area contributed by atoms with Gasteiger partial charge in [-0.05, 0) is 24.6 Å². The summed E-state index contributed by atoms with van der Waals surface area (Å²) in [5.74, 6) is -3.80. The van der Waals surface area contributed by atoms with Crippen molar-refractivity contribution >= 4 is 29.4 Å². The van der Waals surface area contributed by atoms with E-state index < -0.39 is 29.6 Å². The van der Waals surface area contributed by atoms with E-state index in [1.165, 1.54) is 6.07 Å². The second-order valence-corrected chi connectivity index (χ2v) is 4.43. The quantitative estimate of drug-likeness (QED) is 0.726. The lowest BCUT2D eigenvalue weighted by Crippen LogP contribution is -2.41. The summed E-state index contributed by atoms with van der Waals surface area (Å²) in [6.45, 7) is 0. The molecule has 0 radical (unpaired) electrons. The molecule has 1 atom stereocenters. The summed E-state index contributed by atoms with van der Waals surface area (Å²) in [4.78, 5) is 33.3. The summed E-state index contributed by atoms with van der Waals surface area (Å²) in [6, 6.07) is 2.05. The smallest absolute Gasteiger partial charge is 0.326 e. The molecule has 20 heavy (non-hydrogen) atoms. The average molecular weight is 303 g/mol. The molecule has 0 saturated heterocycles. The average Bonchev–Trinajstić information content (AvgIpc) is 2.33. The van der Waals surface area contributed by atoms with E-state index in [9.17, 15) is 18.8 Å². The highest BCUT2D eigenvalue weighted by Gasteiger charge is 2.22. The van der Waals surface area contributed by atoms with Crippen molar-refractivity contribution in [2.24, 2.45) is 5.73 Å². The number of benzene rings is 1. The Morgan fingerprint density at radius 1 is 1.40 bits per heavy atom. The van der Waals surface area contributed by atoms with Gasteiger partial charge in [0.25, 0.3) is 5.91 Å². The Kier molecular flexibility index (Phi) is 5.45. The lowest BCUT2D eigenvalue weighted by atomic mass is 10.1. The van der Waals surface area contributed by atoms with E-state index in [0.29, 0.717) is 0 Å². The molecule has 0 heterocycles. The van der Waals surface area contributed by atoms with Crippen LogP contribution in [0.1, 0.15) is 23.2 Å². The maximum Gasteiger partial charge on any atom is 0.326 e. The third-order valence-electron chi connectivity index (χ3n) is 2.46. The Labute approximate surface area is 118 Å². The van der Waals surface area contributed by atoms with Crippen molar-refractivity contribution in [1.82, 2.24) is 5.32 Å². The molecule has 2 amide bonds. The van der Waals surface area contributed by atoms with Crippen LogP contribution >= 0.6 is 11.6 Å². The van der Waals surface area contributed by atoms with Gasteiger partial charge in [0, 0.05) is 11.4 Å². The van der Waals surface area contributed by atoms with Gasteiger partial charge in [0.15, 0.2) is 0 Å². The highest BCUT2D eigenvalue weighted by molar-refractivity contribution is 6.30. The predicted molar refractivity (Wildman–Crippen MR) is 68.7 cm³/mol. The van der Waals surface area contributed by atoms with Crippen molar-refractivity contribution < 1.29 is 23.9 Å². The number of halogens is 2. The van der Waals surface area contributed by atoms with E-state index in [-0.39, 0.29) is 23.4 Å². The fraction of sp³-hybridized carbons (Fsp3) is 0.250. The van der Waals surface area contributed by atoms with Crippen LogP contribution in [-0.4, -0.2) is 28.9 Å². The first-order valence-electron chi connectivity index (χ1n) is 5.58. The van der Waals surface area contributed by atoms with Crippen molar-refractivity contribution in [1.29, 1.82) is 0 Å². The summed E-state index contributed by atoms with van der Waals surface area (Å²) >= 11 is 5.55. The molecule has 4 N–H and O–H groups in total. The van der Waals surface area contributed by atoms with Crippen molar-refractivity contribution in [3.05, 3.63) is 34.6 Å². The van der Waals surface area contributed by atoms with E-state index in [4.69, 9.17) is 22.4 Å². The largest absolute Gasteiger partial charge is 0.480 e. The van der Waals surface area contributed by atoms with Crippen molar-refractivity contribution in [3.8, 4) is 0 Å². The Morgan fingerprint density at radius 3 is 2.55 bits per heavy atom. The maximum atomic E-state index is 13.5. The van der Waals surface area contributed by atoms with E-state index in [2.05, 4.69) is 5.32 Å². The summed E-state index contributed by atoms with van der Waals surface area (Å²) in [5, 5.41) is 11.1. The number of carbonyl (C=O) groups excluding carboxylic acids is 2. The first-order valence-corrected chi connectivity index (χ1v) is 5.96. The molecule has 0 bridgehead atoms. The second kappa shape index (κ2) is 6.85. The Morgan fingerprint density at radius 2 is 2.05 bits per heavy atom. The molecular weight excluding hydrogens is 291 g/mol. The molecule has 0 aromatic heterocycles. The van der Waals surface area contributed by atoms with E-state index in [0.717, 1.165) is 12.1 Å². The number of rotatable bonds is 6. The zero-order valence-corrected chi connectivity index (χ0v) is 11.0. The Balaban J connectivity index is 2.80. The van der Waals surface area contributed by atoms with E-state index in [1.54, 1.807) is 0 Å². The summed E-state index contributed by atoms with van der Waals surface area (Å²) < 4.78 is 13.5. The normalized spacial score (nSPS) is 11.7. The first kappa shape index (κ1) is 15.9. The number of primary amides is 1. The molecule has 6 nitrogen and oxygen atoms in total. The monoisotopic (exact) mass is 302 g/mol. The van der Waals surface area contributed by atoms with Crippen LogP contribution in [0.25, 0.3) is 0 Å². The van der Waals surface area contributed by atoms with Gasteiger partial charge in [-0.1, -0.05) is 11.6 Å². The number of nitrogens with one attached hydrogen (secondary N) is 1. The predicted octanol–water partition coefficient (Wildman–Crippen LogP) is 0.928. The highest BCUT2D eigenvalue weighted by atomic mass is 35.5. The van der Waals surface area contributed by atoms with Crippen LogP contribution in [0.3, 0.4) is 0 Å². The number of carboxylic acids is 1. The molecule has 0 spiro atoms. The summed E-state index contributed by atoms with van der Waals surface area (Å²) in [5.41, 5.74) is 4.57. The zero-order chi connectivity index (χ0) is 15.3. The number of hydrogen-bond acceptors (Lipinski definition) is 3. The molecular formula is C12H12ClFN2O4. The molecule has 1 rings (SSSR count). The van der Waals surface area contributed by atoms with Crippen LogP contribution in [0.2, 0.25) is 5.02 Å². The van der Waals surface area contributed by atoms with Crippen LogP contribution in [0.4, 0.5) is 4.39 Å². The molecule has 1 aromatic rings. The molecule has 0 saturated carbocycles. The molecule has 0 aliphatic heterocycles.